The molecule has 26 heavy (non-hydrogen) atoms. The van der Waals surface area contributed by atoms with Crippen LogP contribution in [0.3, 0.4) is 0 Å². The van der Waals surface area contributed by atoms with Gasteiger partial charge in [0, 0.05) is 26.2 Å². The van der Waals surface area contributed by atoms with E-state index in [2.05, 4.69) is 20.6 Å². The van der Waals surface area contributed by atoms with Crippen molar-refractivity contribution in [1.82, 2.24) is 29.6 Å². The molecule has 0 spiro atoms. The minimum atomic E-state index is -3.71. The zero-order valence-corrected chi connectivity index (χ0v) is 14.4. The van der Waals surface area contributed by atoms with Gasteiger partial charge in [-0.2, -0.15) is 9.57 Å². The van der Waals surface area contributed by atoms with Gasteiger partial charge in [-0.05, 0) is 34.7 Å². The van der Waals surface area contributed by atoms with Crippen LogP contribution < -0.4 is 4.90 Å². The Morgan fingerprint density at radius 1 is 1.04 bits per heavy atom. The van der Waals surface area contributed by atoms with Gasteiger partial charge in [-0.3, -0.25) is 0 Å². The molecule has 1 saturated heterocycles. The molecule has 0 aliphatic carbocycles. The predicted molar refractivity (Wildman–Crippen MR) is 90.7 cm³/mol. The van der Waals surface area contributed by atoms with E-state index < -0.39 is 10.0 Å². The van der Waals surface area contributed by atoms with E-state index >= 15 is 0 Å². The van der Waals surface area contributed by atoms with Gasteiger partial charge in [0.2, 0.25) is 10.0 Å². The van der Waals surface area contributed by atoms with Crippen molar-refractivity contribution < 1.29 is 8.42 Å². The highest BCUT2D eigenvalue weighted by Crippen LogP contribution is 2.22. The summed E-state index contributed by atoms with van der Waals surface area (Å²) in [5, 5.41) is 24.6. The zero-order chi connectivity index (χ0) is 18.1. The molecule has 0 bridgehead atoms. The van der Waals surface area contributed by atoms with Gasteiger partial charge in [0.25, 0.3) is 0 Å². The Bertz CT molecular complexity index is 1100. The normalized spacial score (nSPS) is 15.9. The van der Waals surface area contributed by atoms with Crippen LogP contribution in [0.25, 0.3) is 5.65 Å². The van der Waals surface area contributed by atoms with Gasteiger partial charge in [0.05, 0.1) is 10.5 Å². The summed E-state index contributed by atoms with van der Waals surface area (Å²) in [5.41, 5.74) is 0.698. The van der Waals surface area contributed by atoms with Gasteiger partial charge in [-0.1, -0.05) is 12.1 Å². The largest absolute Gasteiger partial charge is 0.352 e. The number of hydrogen-bond acceptors (Lipinski definition) is 8. The van der Waals surface area contributed by atoms with Crippen LogP contribution in [0.1, 0.15) is 5.56 Å². The minimum Gasteiger partial charge on any atom is -0.352 e. The summed E-state index contributed by atoms with van der Waals surface area (Å²) in [6.45, 7) is 1.57. The molecule has 10 nitrogen and oxygen atoms in total. The monoisotopic (exact) mass is 370 g/mol. The summed E-state index contributed by atoms with van der Waals surface area (Å²) in [4.78, 5) is 2.02. The maximum Gasteiger partial charge on any atom is 0.244 e. The van der Waals surface area contributed by atoms with Gasteiger partial charge in [0.15, 0.2) is 11.5 Å². The highest BCUT2D eigenvalue weighted by atomic mass is 32.2. The quantitative estimate of drug-likeness (QED) is 0.627. The fourth-order valence-electron chi connectivity index (χ4n) is 2.89. The molecular weight excluding hydrogens is 356 g/mol. The molecule has 3 aromatic rings. The molecule has 0 saturated carbocycles. The fourth-order valence-corrected chi connectivity index (χ4v) is 4.45. The number of nitrogens with zero attached hydrogens (tertiary/aromatic N) is 8. The topological polar surface area (TPSA) is 120 Å². The highest BCUT2D eigenvalue weighted by molar-refractivity contribution is 7.89. The summed E-state index contributed by atoms with van der Waals surface area (Å²) in [5.74, 6) is 0.680. The summed E-state index contributed by atoms with van der Waals surface area (Å²) >= 11 is 0. The van der Waals surface area contributed by atoms with Crippen LogP contribution in [-0.4, -0.2) is 64.2 Å². The number of rotatable bonds is 3. The Labute approximate surface area is 149 Å². The van der Waals surface area contributed by atoms with Crippen molar-refractivity contribution in [2.24, 2.45) is 0 Å². The molecule has 3 heterocycles. The van der Waals surface area contributed by atoms with Crippen LogP contribution in [0.2, 0.25) is 0 Å². The van der Waals surface area contributed by atoms with E-state index in [1.54, 1.807) is 24.3 Å². The first-order valence-electron chi connectivity index (χ1n) is 7.89. The van der Waals surface area contributed by atoms with Crippen molar-refractivity contribution in [3.63, 3.8) is 0 Å². The first-order chi connectivity index (χ1) is 12.6. The van der Waals surface area contributed by atoms with Crippen LogP contribution in [0.5, 0.6) is 0 Å². The van der Waals surface area contributed by atoms with Gasteiger partial charge in [-0.25, -0.2) is 8.42 Å². The number of anilines is 1. The molecule has 132 valence electrons. The van der Waals surface area contributed by atoms with E-state index in [0.29, 0.717) is 37.6 Å². The number of fused-ring (bicyclic) bond motifs is 1. The summed E-state index contributed by atoms with van der Waals surface area (Å²) in [6, 6.07) is 11.8. The first-order valence-corrected chi connectivity index (χ1v) is 9.33. The molecule has 4 rings (SSSR count). The molecular formula is C15H14N8O2S. The number of nitriles is 1. The molecule has 0 N–H and O–H groups in total. The van der Waals surface area contributed by atoms with E-state index in [-0.39, 0.29) is 10.5 Å². The Balaban J connectivity index is 1.53. The second kappa shape index (κ2) is 6.32. The molecule has 1 aliphatic heterocycles. The molecule has 0 atom stereocenters. The first kappa shape index (κ1) is 16.4. The number of aromatic nitrogens is 5. The van der Waals surface area contributed by atoms with Crippen LogP contribution in [0.4, 0.5) is 5.82 Å². The maximum atomic E-state index is 12.9. The second-order valence-corrected chi connectivity index (χ2v) is 7.62. The van der Waals surface area contributed by atoms with Crippen LogP contribution in [0, 0.1) is 11.3 Å². The Kier molecular flexibility index (Phi) is 3.98. The van der Waals surface area contributed by atoms with Crippen molar-refractivity contribution >= 4 is 21.5 Å². The van der Waals surface area contributed by atoms with Gasteiger partial charge in [0.1, 0.15) is 6.07 Å². The van der Waals surface area contributed by atoms with Crippen molar-refractivity contribution in [2.75, 3.05) is 31.1 Å². The van der Waals surface area contributed by atoms with Crippen LogP contribution in [-0.2, 0) is 10.0 Å². The standard InChI is InChI=1S/C15H14N8O2S/c16-11-12-3-1-2-4-13(12)26(24,25)22-9-7-21(8-10-22)15-6-5-14-17-19-20-23(14)18-15/h1-6H,7-10H2. The number of sulfonamides is 1. The van der Waals surface area contributed by atoms with Crippen LogP contribution >= 0.6 is 0 Å². The number of benzene rings is 1. The van der Waals surface area contributed by atoms with Crippen molar-refractivity contribution in [3.8, 4) is 6.07 Å². The minimum absolute atomic E-state index is 0.0455. The van der Waals surface area contributed by atoms with Gasteiger partial charge >= 0.3 is 0 Å². The third kappa shape index (κ3) is 2.75. The number of tetrazole rings is 1. The third-order valence-corrected chi connectivity index (χ3v) is 6.20. The van der Waals surface area contributed by atoms with Gasteiger partial charge < -0.3 is 4.90 Å². The average molecular weight is 370 g/mol. The number of piperazine rings is 1. The van der Waals surface area contributed by atoms with Crippen molar-refractivity contribution in [2.45, 2.75) is 4.90 Å². The lowest BCUT2D eigenvalue weighted by atomic mass is 10.2. The summed E-state index contributed by atoms with van der Waals surface area (Å²) in [7, 11) is -3.71. The Morgan fingerprint density at radius 2 is 1.81 bits per heavy atom. The van der Waals surface area contributed by atoms with E-state index in [0.717, 1.165) is 0 Å². The lowest BCUT2D eigenvalue weighted by Crippen LogP contribution is -2.49. The predicted octanol–water partition coefficient (Wildman–Crippen LogP) is -0.0981. The second-order valence-electron chi connectivity index (χ2n) is 5.72. The molecule has 0 radical (unpaired) electrons. The SMILES string of the molecule is N#Cc1ccccc1S(=O)(=O)N1CCN(c2ccc3nnnn3n2)CC1. The lowest BCUT2D eigenvalue weighted by Gasteiger charge is -2.34. The molecule has 11 heteroatoms. The highest BCUT2D eigenvalue weighted by Gasteiger charge is 2.30. The molecule has 0 unspecified atom stereocenters. The third-order valence-electron chi connectivity index (χ3n) is 4.24. The van der Waals surface area contributed by atoms with Crippen molar-refractivity contribution in [3.05, 3.63) is 42.0 Å². The molecule has 2 aromatic heterocycles. The average Bonchev–Trinajstić information content (AvgIpc) is 3.16. The van der Waals surface area contributed by atoms with Crippen molar-refractivity contribution in [1.29, 1.82) is 5.26 Å². The lowest BCUT2D eigenvalue weighted by molar-refractivity contribution is 0.383. The number of hydrogen-bond donors (Lipinski definition) is 0. The van der Waals surface area contributed by atoms with E-state index in [9.17, 15) is 13.7 Å². The fraction of sp³-hybridized carbons (Fsp3) is 0.267. The zero-order valence-electron chi connectivity index (χ0n) is 13.6. The molecule has 1 aromatic carbocycles. The van der Waals surface area contributed by atoms with Gasteiger partial charge in [-0.15, -0.1) is 14.8 Å². The van der Waals surface area contributed by atoms with E-state index in [4.69, 9.17) is 0 Å². The van der Waals surface area contributed by atoms with E-state index in [1.807, 2.05) is 11.0 Å². The summed E-state index contributed by atoms with van der Waals surface area (Å²) in [6.07, 6.45) is 0. The molecule has 1 aliphatic rings. The van der Waals surface area contributed by atoms with E-state index in [1.165, 1.54) is 21.1 Å². The molecule has 0 amide bonds. The van der Waals surface area contributed by atoms with Crippen LogP contribution in [0.15, 0.2) is 41.3 Å². The Hall–Kier alpha value is -3.10. The summed E-state index contributed by atoms with van der Waals surface area (Å²) < 4.78 is 28.5. The Morgan fingerprint density at radius 3 is 2.58 bits per heavy atom. The smallest absolute Gasteiger partial charge is 0.244 e. The molecule has 1 fully saturated rings. The maximum absolute atomic E-state index is 12.9.